The van der Waals surface area contributed by atoms with Crippen LogP contribution in [-0.2, 0) is 19.4 Å². The minimum atomic E-state index is 0.763. The minimum Gasteiger partial charge on any atom is -0.336 e. The number of rotatable bonds is 7. The molecule has 0 fully saturated rings. The van der Waals surface area contributed by atoms with Gasteiger partial charge in [0, 0.05) is 37.3 Å². The Morgan fingerprint density at radius 2 is 1.81 bits per heavy atom. The van der Waals surface area contributed by atoms with E-state index in [9.17, 15) is 0 Å². The number of hydrogen-bond acceptors (Lipinski definition) is 5. The summed E-state index contributed by atoms with van der Waals surface area (Å²) in [5, 5.41) is 4.57. The van der Waals surface area contributed by atoms with Crippen LogP contribution in [0.15, 0.2) is 60.2 Å². The Balaban J connectivity index is 1.58. The number of fused-ring (bicyclic) bond motifs is 1. The van der Waals surface area contributed by atoms with Crippen molar-refractivity contribution in [1.82, 2.24) is 15.0 Å². The van der Waals surface area contributed by atoms with Crippen LogP contribution in [0.5, 0.6) is 0 Å². The van der Waals surface area contributed by atoms with Crippen LogP contribution in [-0.4, -0.2) is 21.5 Å². The number of nitrogens with zero attached hydrogens (tertiary/aromatic N) is 4. The number of hydrogen-bond donors (Lipinski definition) is 0. The molecule has 1 radical (unpaired) electrons. The number of thiazole rings is 1. The molecule has 0 N–H and O–H groups in total. The Bertz CT molecular complexity index is 996. The maximum Gasteiger partial charge on any atom is 0.225 e. The normalized spacial score (nSPS) is 11.0. The van der Waals surface area contributed by atoms with Crippen LogP contribution in [0.4, 0.5) is 5.95 Å². The van der Waals surface area contributed by atoms with Crippen molar-refractivity contribution < 1.29 is 0 Å². The zero-order valence-corrected chi connectivity index (χ0v) is 16.1. The summed E-state index contributed by atoms with van der Waals surface area (Å²) in [6.07, 6.45) is 5.64. The van der Waals surface area contributed by atoms with E-state index in [1.54, 1.807) is 0 Å². The third kappa shape index (κ3) is 4.31. The number of aromatic nitrogens is 3. The fraction of sp³-hybridized carbons (Fsp3) is 0.227. The first kappa shape index (κ1) is 17.6. The Morgan fingerprint density at radius 1 is 1.00 bits per heavy atom. The summed E-state index contributed by atoms with van der Waals surface area (Å²) < 4.78 is 0. The summed E-state index contributed by atoms with van der Waals surface area (Å²) in [6, 6.07) is 15.1. The average molecular weight is 374 g/mol. The average Bonchev–Trinajstić information content (AvgIpc) is 3.25. The van der Waals surface area contributed by atoms with Crippen LogP contribution in [0.1, 0.15) is 23.7 Å². The molecule has 0 aliphatic heterocycles. The molecular weight excluding hydrogens is 352 g/mol. The molecule has 0 saturated carbocycles. The van der Waals surface area contributed by atoms with Crippen molar-refractivity contribution in [3.8, 4) is 0 Å². The highest BCUT2D eigenvalue weighted by Gasteiger charge is 2.12. The van der Waals surface area contributed by atoms with Crippen molar-refractivity contribution in [2.24, 2.45) is 0 Å². The first-order chi connectivity index (χ1) is 13.3. The third-order valence-corrected chi connectivity index (χ3v) is 5.23. The highest BCUT2D eigenvalue weighted by Crippen LogP contribution is 2.19. The minimum absolute atomic E-state index is 0.763. The lowest BCUT2D eigenvalue weighted by molar-refractivity contribution is 0.743. The van der Waals surface area contributed by atoms with Crippen molar-refractivity contribution in [3.05, 3.63) is 82.6 Å². The van der Waals surface area contributed by atoms with Crippen LogP contribution >= 0.6 is 11.3 Å². The molecule has 0 aliphatic rings. The number of benzene rings is 2. The van der Waals surface area contributed by atoms with E-state index in [2.05, 4.69) is 80.1 Å². The van der Waals surface area contributed by atoms with Gasteiger partial charge in [-0.2, -0.15) is 0 Å². The molecule has 4 aromatic rings. The fourth-order valence-electron chi connectivity index (χ4n) is 3.07. The molecule has 2 aromatic heterocycles. The molecule has 2 heterocycles. The maximum absolute atomic E-state index is 4.60. The first-order valence-corrected chi connectivity index (χ1v) is 10.0. The van der Waals surface area contributed by atoms with Gasteiger partial charge in [-0.1, -0.05) is 43.3 Å². The molecule has 0 atom stereocenters. The first-order valence-electron chi connectivity index (χ1n) is 9.16. The van der Waals surface area contributed by atoms with E-state index in [1.807, 2.05) is 12.4 Å². The third-order valence-electron chi connectivity index (χ3n) is 4.64. The topological polar surface area (TPSA) is 41.9 Å². The van der Waals surface area contributed by atoms with Gasteiger partial charge in [0.25, 0.3) is 0 Å². The molecule has 135 valence electrons. The van der Waals surface area contributed by atoms with Crippen molar-refractivity contribution in [2.75, 3.05) is 11.4 Å². The molecule has 0 amide bonds. The maximum atomic E-state index is 4.60. The van der Waals surface area contributed by atoms with Crippen molar-refractivity contribution in [3.63, 3.8) is 0 Å². The second kappa shape index (κ2) is 8.27. The summed E-state index contributed by atoms with van der Waals surface area (Å²) in [5.41, 5.74) is 6.39. The van der Waals surface area contributed by atoms with Gasteiger partial charge in [0.1, 0.15) is 0 Å². The molecule has 4 rings (SSSR count). The van der Waals surface area contributed by atoms with E-state index in [0.717, 1.165) is 43.1 Å². The van der Waals surface area contributed by atoms with Crippen LogP contribution in [0, 0.1) is 5.51 Å². The van der Waals surface area contributed by atoms with Crippen LogP contribution in [0.3, 0.4) is 0 Å². The second-order valence-electron chi connectivity index (χ2n) is 6.53. The van der Waals surface area contributed by atoms with Gasteiger partial charge in [-0.05, 0) is 34.4 Å². The Hall–Kier alpha value is -2.79. The fourth-order valence-corrected chi connectivity index (χ4v) is 3.60. The molecule has 0 bridgehead atoms. The van der Waals surface area contributed by atoms with Gasteiger partial charge >= 0.3 is 0 Å². The lowest BCUT2D eigenvalue weighted by Crippen LogP contribution is -2.27. The summed E-state index contributed by atoms with van der Waals surface area (Å²) in [5.74, 6) is 0.763. The second-order valence-corrected chi connectivity index (χ2v) is 7.18. The highest BCUT2D eigenvalue weighted by atomic mass is 32.1. The van der Waals surface area contributed by atoms with Crippen molar-refractivity contribution >= 4 is 28.1 Å². The molecule has 27 heavy (non-hydrogen) atoms. The molecule has 4 nitrogen and oxygen atoms in total. The number of aryl methyl sites for hydroxylation is 1. The molecule has 5 heteroatoms. The molecule has 0 saturated heterocycles. The van der Waals surface area contributed by atoms with Crippen LogP contribution in [0.25, 0.3) is 10.8 Å². The SMILES string of the molecule is CCc1cnc(N(CCc2cs[c]n2)Cc2ccc3ccccc3c2)nc1. The molecule has 0 aliphatic carbocycles. The summed E-state index contributed by atoms with van der Waals surface area (Å²) in [7, 11) is 0. The Labute approximate surface area is 163 Å². The quantitative estimate of drug-likeness (QED) is 0.471. The summed E-state index contributed by atoms with van der Waals surface area (Å²) in [4.78, 5) is 15.7. The zero-order chi connectivity index (χ0) is 18.5. The molecule has 2 aromatic carbocycles. The Morgan fingerprint density at radius 3 is 2.56 bits per heavy atom. The van der Waals surface area contributed by atoms with Crippen LogP contribution < -0.4 is 4.90 Å². The van der Waals surface area contributed by atoms with E-state index in [1.165, 1.54) is 27.7 Å². The highest BCUT2D eigenvalue weighted by molar-refractivity contribution is 7.07. The van der Waals surface area contributed by atoms with Gasteiger partial charge in [-0.15, -0.1) is 11.3 Å². The van der Waals surface area contributed by atoms with Gasteiger partial charge in [0.15, 0.2) is 5.51 Å². The van der Waals surface area contributed by atoms with Gasteiger partial charge in [-0.25, -0.2) is 15.0 Å². The van der Waals surface area contributed by atoms with Crippen molar-refractivity contribution in [1.29, 1.82) is 0 Å². The predicted octanol–water partition coefficient (Wildman–Crippen LogP) is 4.70. The van der Waals surface area contributed by atoms with Crippen LogP contribution in [0.2, 0.25) is 0 Å². The standard InChI is InChI=1S/C22H21N4S/c1-2-17-12-23-22(24-13-17)26(10-9-21-15-27-16-25-21)14-18-7-8-19-5-3-4-6-20(19)11-18/h3-8,11-13,15H,2,9-10,14H2,1H3. The smallest absolute Gasteiger partial charge is 0.225 e. The van der Waals surface area contributed by atoms with Gasteiger partial charge in [0.05, 0.1) is 5.69 Å². The van der Waals surface area contributed by atoms with E-state index >= 15 is 0 Å². The lowest BCUT2D eigenvalue weighted by atomic mass is 10.1. The molecule has 0 spiro atoms. The summed E-state index contributed by atoms with van der Waals surface area (Å²) >= 11 is 1.51. The predicted molar refractivity (Wildman–Crippen MR) is 111 cm³/mol. The van der Waals surface area contributed by atoms with Gasteiger partial charge < -0.3 is 4.90 Å². The monoisotopic (exact) mass is 373 g/mol. The van der Waals surface area contributed by atoms with Gasteiger partial charge in [-0.3, -0.25) is 0 Å². The Kier molecular flexibility index (Phi) is 5.39. The van der Waals surface area contributed by atoms with E-state index in [4.69, 9.17) is 0 Å². The van der Waals surface area contributed by atoms with E-state index in [-0.39, 0.29) is 0 Å². The number of anilines is 1. The lowest BCUT2D eigenvalue weighted by Gasteiger charge is -2.22. The largest absolute Gasteiger partial charge is 0.336 e. The molecular formula is C22H21N4S. The van der Waals surface area contributed by atoms with E-state index < -0.39 is 0 Å². The zero-order valence-electron chi connectivity index (χ0n) is 15.3. The molecule has 0 unspecified atom stereocenters. The summed E-state index contributed by atoms with van der Waals surface area (Å²) in [6.45, 7) is 3.70. The van der Waals surface area contributed by atoms with E-state index in [0.29, 0.717) is 0 Å². The van der Waals surface area contributed by atoms with Crippen molar-refractivity contribution in [2.45, 2.75) is 26.3 Å². The van der Waals surface area contributed by atoms with Gasteiger partial charge in [0.2, 0.25) is 5.95 Å².